The third-order valence-electron chi connectivity index (χ3n) is 2.97. The van der Waals surface area contributed by atoms with Crippen molar-refractivity contribution in [2.24, 2.45) is 0 Å². The Kier molecular flexibility index (Phi) is 3.92. The highest BCUT2D eigenvalue weighted by molar-refractivity contribution is 8.29. The van der Waals surface area contributed by atoms with E-state index in [1.807, 2.05) is 24.3 Å². The first-order valence-electron chi connectivity index (χ1n) is 5.44. The Morgan fingerprint density at radius 3 is 2.06 bits per heavy atom. The van der Waals surface area contributed by atoms with Gasteiger partial charge in [-0.3, -0.25) is 0 Å². The van der Waals surface area contributed by atoms with Gasteiger partial charge in [0, 0.05) is 10.4 Å². The lowest BCUT2D eigenvalue weighted by atomic mass is 10.2. The predicted molar refractivity (Wildman–Crippen MR) is 74.8 cm³/mol. The minimum Gasteiger partial charge on any atom is -0.399 e. The quantitative estimate of drug-likeness (QED) is 0.821. The molecule has 1 aromatic rings. The second-order valence-corrected chi connectivity index (χ2v) is 9.28. The summed E-state index contributed by atoms with van der Waals surface area (Å²) in [6.07, 6.45) is 4.43. The molecular formula is C13H23NOS. The summed E-state index contributed by atoms with van der Waals surface area (Å²) >= 11 is 0. The highest BCUT2D eigenvalue weighted by Gasteiger charge is 2.28. The summed E-state index contributed by atoms with van der Waals surface area (Å²) in [6.45, 7) is 7.35. The average Bonchev–Trinajstić information content (AvgIpc) is 2.15. The summed E-state index contributed by atoms with van der Waals surface area (Å²) in [6, 6.07) is 7.87. The molecule has 0 amide bonds. The normalized spacial score (nSPS) is 13.8. The zero-order valence-electron chi connectivity index (χ0n) is 10.9. The number of nitrogen functional groups attached to an aromatic ring is 1. The lowest BCUT2D eigenvalue weighted by Crippen LogP contribution is -2.24. The van der Waals surface area contributed by atoms with Crippen molar-refractivity contribution in [2.45, 2.75) is 32.1 Å². The molecule has 2 nitrogen and oxygen atoms in total. The Morgan fingerprint density at radius 1 is 1.12 bits per heavy atom. The van der Waals surface area contributed by atoms with Crippen LogP contribution in [0.1, 0.15) is 26.3 Å². The molecule has 3 heteroatoms. The van der Waals surface area contributed by atoms with E-state index in [0.29, 0.717) is 6.61 Å². The van der Waals surface area contributed by atoms with Crippen molar-refractivity contribution in [2.75, 3.05) is 18.2 Å². The number of benzene rings is 1. The van der Waals surface area contributed by atoms with E-state index < -0.39 is 10.3 Å². The van der Waals surface area contributed by atoms with Gasteiger partial charge in [-0.05, 0) is 30.2 Å². The summed E-state index contributed by atoms with van der Waals surface area (Å²) in [4.78, 5) is 0. The van der Waals surface area contributed by atoms with E-state index in [9.17, 15) is 0 Å². The lowest BCUT2D eigenvalue weighted by molar-refractivity contribution is 0.339. The van der Waals surface area contributed by atoms with Crippen LogP contribution in [-0.2, 0) is 10.8 Å². The highest BCUT2D eigenvalue weighted by Crippen LogP contribution is 2.54. The first-order chi connectivity index (χ1) is 7.22. The van der Waals surface area contributed by atoms with Crippen LogP contribution in [0.4, 0.5) is 5.69 Å². The maximum atomic E-state index is 6.06. The fourth-order valence-corrected chi connectivity index (χ4v) is 1.79. The third-order valence-corrected chi connectivity index (χ3v) is 6.63. The van der Waals surface area contributed by atoms with Gasteiger partial charge in [0.1, 0.15) is 0 Å². The van der Waals surface area contributed by atoms with Crippen molar-refractivity contribution >= 4 is 16.0 Å². The predicted octanol–water partition coefficient (Wildman–Crippen LogP) is 3.56. The minimum absolute atomic E-state index is 0.209. The maximum absolute atomic E-state index is 6.06. The zero-order chi connectivity index (χ0) is 12.4. The van der Waals surface area contributed by atoms with Gasteiger partial charge in [-0.25, -0.2) is 0 Å². The molecular weight excluding hydrogens is 218 g/mol. The second-order valence-electron chi connectivity index (χ2n) is 5.35. The largest absolute Gasteiger partial charge is 0.399 e. The van der Waals surface area contributed by atoms with Crippen molar-refractivity contribution in [3.05, 3.63) is 29.8 Å². The molecule has 0 saturated carbocycles. The molecule has 0 bridgehead atoms. The van der Waals surface area contributed by atoms with Crippen molar-refractivity contribution in [1.29, 1.82) is 0 Å². The first-order valence-corrected chi connectivity index (χ1v) is 7.81. The molecule has 0 fully saturated rings. The summed E-state index contributed by atoms with van der Waals surface area (Å²) in [5.41, 5.74) is 7.62. The van der Waals surface area contributed by atoms with E-state index in [1.54, 1.807) is 0 Å². The third kappa shape index (κ3) is 3.42. The molecule has 0 aromatic heterocycles. The van der Waals surface area contributed by atoms with E-state index in [1.165, 1.54) is 5.56 Å². The van der Waals surface area contributed by atoms with Gasteiger partial charge >= 0.3 is 0 Å². The van der Waals surface area contributed by atoms with E-state index in [2.05, 4.69) is 33.3 Å². The molecule has 0 aliphatic heterocycles. The van der Waals surface area contributed by atoms with Crippen LogP contribution in [0.3, 0.4) is 0 Å². The number of hydrogen-bond acceptors (Lipinski definition) is 2. The van der Waals surface area contributed by atoms with Gasteiger partial charge in [-0.1, -0.05) is 32.9 Å². The molecule has 1 rings (SSSR count). The number of rotatable bonds is 3. The van der Waals surface area contributed by atoms with Crippen molar-refractivity contribution in [3.8, 4) is 0 Å². The molecule has 0 unspecified atom stereocenters. The first kappa shape index (κ1) is 13.4. The van der Waals surface area contributed by atoms with Crippen LogP contribution in [0.25, 0.3) is 0 Å². The van der Waals surface area contributed by atoms with Gasteiger partial charge in [-0.15, -0.1) is 10.3 Å². The molecule has 0 heterocycles. The van der Waals surface area contributed by atoms with Crippen LogP contribution in [-0.4, -0.2) is 17.3 Å². The van der Waals surface area contributed by atoms with Gasteiger partial charge in [0.25, 0.3) is 0 Å². The highest BCUT2D eigenvalue weighted by atomic mass is 32.3. The molecule has 0 aliphatic rings. The van der Waals surface area contributed by atoms with Crippen molar-refractivity contribution in [1.82, 2.24) is 0 Å². The van der Waals surface area contributed by atoms with Crippen LogP contribution in [0, 0.1) is 0 Å². The summed E-state index contributed by atoms with van der Waals surface area (Å²) in [5.74, 6) is 0. The molecule has 0 radical (unpaired) electrons. The van der Waals surface area contributed by atoms with Gasteiger partial charge in [-0.2, -0.15) is 0 Å². The van der Waals surface area contributed by atoms with Crippen LogP contribution < -0.4 is 5.73 Å². The fraction of sp³-hybridized carbons (Fsp3) is 0.538. The molecule has 0 atom stereocenters. The van der Waals surface area contributed by atoms with Gasteiger partial charge in [0.2, 0.25) is 0 Å². The average molecular weight is 241 g/mol. The molecule has 0 aliphatic carbocycles. The number of nitrogens with two attached hydrogens (primary N) is 1. The van der Waals surface area contributed by atoms with Crippen LogP contribution in [0.2, 0.25) is 0 Å². The van der Waals surface area contributed by atoms with Crippen molar-refractivity contribution in [3.63, 3.8) is 0 Å². The topological polar surface area (TPSA) is 35.2 Å². The summed E-state index contributed by atoms with van der Waals surface area (Å²) < 4.78 is 6.27. The molecule has 2 N–H and O–H groups in total. The molecule has 92 valence electrons. The van der Waals surface area contributed by atoms with E-state index in [-0.39, 0.29) is 4.75 Å². The van der Waals surface area contributed by atoms with Crippen molar-refractivity contribution < 1.29 is 4.18 Å². The summed E-state index contributed by atoms with van der Waals surface area (Å²) in [5, 5.41) is 0. The Hall–Kier alpha value is -0.670. The van der Waals surface area contributed by atoms with Gasteiger partial charge in [0.05, 0.1) is 6.61 Å². The van der Waals surface area contributed by atoms with E-state index >= 15 is 0 Å². The Morgan fingerprint density at radius 2 is 1.62 bits per heavy atom. The molecule has 16 heavy (non-hydrogen) atoms. The van der Waals surface area contributed by atoms with Gasteiger partial charge < -0.3 is 9.92 Å². The van der Waals surface area contributed by atoms with E-state index in [4.69, 9.17) is 9.92 Å². The standard InChI is InChI=1S/C13H23NOS/c1-13(2,3)16(4,5)15-10-11-6-8-12(14)9-7-11/h6-9H,10,14H2,1-5H3. The van der Waals surface area contributed by atoms with Crippen LogP contribution in [0.5, 0.6) is 0 Å². The second kappa shape index (κ2) is 4.68. The Balaban J connectivity index is 2.61. The number of hydrogen-bond donors (Lipinski definition) is 1. The monoisotopic (exact) mass is 241 g/mol. The summed E-state index contributed by atoms with van der Waals surface area (Å²) in [7, 11) is -1.04. The van der Waals surface area contributed by atoms with Gasteiger partial charge in [0.15, 0.2) is 0 Å². The molecule has 0 spiro atoms. The molecule has 0 saturated heterocycles. The fourth-order valence-electron chi connectivity index (χ4n) is 1.01. The van der Waals surface area contributed by atoms with Crippen LogP contribution in [0.15, 0.2) is 24.3 Å². The number of anilines is 1. The maximum Gasteiger partial charge on any atom is 0.0843 e. The molecule has 1 aromatic carbocycles. The lowest BCUT2D eigenvalue weighted by Gasteiger charge is -2.43. The smallest absolute Gasteiger partial charge is 0.0843 e. The van der Waals surface area contributed by atoms with E-state index in [0.717, 1.165) is 5.69 Å². The van der Waals surface area contributed by atoms with Crippen LogP contribution >= 0.6 is 10.3 Å². The zero-order valence-corrected chi connectivity index (χ0v) is 11.7. The Bertz CT molecular complexity index is 338. The Labute approximate surface area is 101 Å². The SMILES string of the molecule is CC(C)(C)S(C)(C)OCc1ccc(N)cc1. The minimum atomic E-state index is -1.04.